The highest BCUT2D eigenvalue weighted by Gasteiger charge is 2.19. The Morgan fingerprint density at radius 3 is 2.79 bits per heavy atom. The SMILES string of the molecule is CCNCc1ccc(S(=O)(=O)NCC(C)CSC)o1. The molecule has 0 spiro atoms. The van der Waals surface area contributed by atoms with E-state index in [1.54, 1.807) is 17.8 Å². The summed E-state index contributed by atoms with van der Waals surface area (Å²) >= 11 is 1.70. The van der Waals surface area contributed by atoms with Crippen LogP contribution in [0.2, 0.25) is 0 Å². The summed E-state index contributed by atoms with van der Waals surface area (Å²) in [7, 11) is -3.53. The van der Waals surface area contributed by atoms with Crippen LogP contribution in [0.25, 0.3) is 0 Å². The molecule has 0 amide bonds. The monoisotopic (exact) mass is 306 g/mol. The Labute approximate surface area is 119 Å². The fourth-order valence-corrected chi connectivity index (χ4v) is 3.31. The van der Waals surface area contributed by atoms with Gasteiger partial charge in [-0.25, -0.2) is 13.1 Å². The molecule has 0 aliphatic heterocycles. The summed E-state index contributed by atoms with van der Waals surface area (Å²) in [5, 5.41) is 3.07. The third-order valence-corrected chi connectivity index (χ3v) is 4.72. The van der Waals surface area contributed by atoms with Crippen molar-refractivity contribution in [1.82, 2.24) is 10.0 Å². The van der Waals surface area contributed by atoms with Crippen molar-refractivity contribution in [1.29, 1.82) is 0 Å². The lowest BCUT2D eigenvalue weighted by Crippen LogP contribution is -2.29. The molecule has 0 aliphatic carbocycles. The van der Waals surface area contributed by atoms with Crippen molar-refractivity contribution in [2.75, 3.05) is 25.1 Å². The molecule has 1 rings (SSSR count). The van der Waals surface area contributed by atoms with Crippen molar-refractivity contribution in [2.45, 2.75) is 25.5 Å². The smallest absolute Gasteiger partial charge is 0.273 e. The third-order valence-electron chi connectivity index (χ3n) is 2.52. The lowest BCUT2D eigenvalue weighted by atomic mass is 10.2. The number of hydrogen-bond donors (Lipinski definition) is 2. The van der Waals surface area contributed by atoms with Gasteiger partial charge in [0.15, 0.2) is 0 Å². The second-order valence-corrected chi connectivity index (χ2v) is 7.02. The van der Waals surface area contributed by atoms with Crippen molar-refractivity contribution in [3.63, 3.8) is 0 Å². The molecule has 0 bridgehead atoms. The molecule has 2 N–H and O–H groups in total. The van der Waals surface area contributed by atoms with Crippen molar-refractivity contribution < 1.29 is 12.8 Å². The van der Waals surface area contributed by atoms with E-state index in [1.165, 1.54) is 6.07 Å². The number of nitrogens with one attached hydrogen (secondary N) is 2. The topological polar surface area (TPSA) is 71.3 Å². The summed E-state index contributed by atoms with van der Waals surface area (Å²) in [6, 6.07) is 3.18. The van der Waals surface area contributed by atoms with Crippen molar-refractivity contribution in [3.05, 3.63) is 17.9 Å². The second kappa shape index (κ2) is 7.94. The minimum atomic E-state index is -3.53. The van der Waals surface area contributed by atoms with Crippen molar-refractivity contribution >= 4 is 21.8 Å². The zero-order valence-corrected chi connectivity index (χ0v) is 13.2. The third kappa shape index (κ3) is 5.56. The Hall–Kier alpha value is -0.500. The maximum atomic E-state index is 12.0. The van der Waals surface area contributed by atoms with Gasteiger partial charge in [-0.2, -0.15) is 11.8 Å². The first-order valence-corrected chi connectivity index (χ1v) is 9.15. The highest BCUT2D eigenvalue weighted by atomic mass is 32.2. The largest absolute Gasteiger partial charge is 0.447 e. The van der Waals surface area contributed by atoms with Crippen LogP contribution in [0, 0.1) is 5.92 Å². The summed E-state index contributed by atoms with van der Waals surface area (Å²) < 4.78 is 31.9. The first-order valence-electron chi connectivity index (χ1n) is 6.27. The second-order valence-electron chi connectivity index (χ2n) is 4.41. The zero-order chi connectivity index (χ0) is 14.3. The van der Waals surface area contributed by atoms with Gasteiger partial charge in [-0.1, -0.05) is 13.8 Å². The van der Waals surface area contributed by atoms with Crippen LogP contribution in [-0.2, 0) is 16.6 Å². The van der Waals surface area contributed by atoms with Gasteiger partial charge >= 0.3 is 0 Å². The minimum Gasteiger partial charge on any atom is -0.447 e. The average molecular weight is 306 g/mol. The highest BCUT2D eigenvalue weighted by molar-refractivity contribution is 7.98. The van der Waals surface area contributed by atoms with E-state index in [0.717, 1.165) is 12.3 Å². The molecule has 0 fully saturated rings. The minimum absolute atomic E-state index is 0.0169. The maximum Gasteiger partial charge on any atom is 0.273 e. The van der Waals surface area contributed by atoms with Gasteiger partial charge < -0.3 is 9.73 Å². The molecule has 0 aromatic carbocycles. The number of furan rings is 1. The van der Waals surface area contributed by atoms with Gasteiger partial charge in [0.2, 0.25) is 5.09 Å². The molecule has 0 saturated carbocycles. The van der Waals surface area contributed by atoms with E-state index in [0.29, 0.717) is 24.8 Å². The molecule has 7 heteroatoms. The number of rotatable bonds is 9. The predicted molar refractivity (Wildman–Crippen MR) is 78.8 cm³/mol. The number of thioether (sulfide) groups is 1. The predicted octanol–water partition coefficient (Wildman–Crippen LogP) is 1.67. The maximum absolute atomic E-state index is 12.0. The van der Waals surface area contributed by atoms with Crippen molar-refractivity contribution in [3.8, 4) is 0 Å². The van der Waals surface area contributed by atoms with E-state index >= 15 is 0 Å². The van der Waals surface area contributed by atoms with Gasteiger partial charge in [0.1, 0.15) is 5.76 Å². The molecular weight excluding hydrogens is 284 g/mol. The first kappa shape index (κ1) is 16.6. The Morgan fingerprint density at radius 2 is 2.16 bits per heavy atom. The average Bonchev–Trinajstić information content (AvgIpc) is 2.84. The van der Waals surface area contributed by atoms with E-state index in [-0.39, 0.29) is 5.09 Å². The van der Waals surface area contributed by atoms with Crippen LogP contribution in [0.1, 0.15) is 19.6 Å². The summed E-state index contributed by atoms with van der Waals surface area (Å²) in [4.78, 5) is 0. The Kier molecular flexibility index (Phi) is 6.92. The molecular formula is C12H22N2O3S2. The summed E-state index contributed by atoms with van der Waals surface area (Å²) in [6.45, 7) is 5.77. The van der Waals surface area contributed by atoms with Gasteiger partial charge in [0, 0.05) is 6.54 Å². The molecule has 0 aliphatic rings. The standard InChI is InChI=1S/C12H22N2O3S2/c1-4-13-8-11-5-6-12(17-11)19(15,16)14-7-10(2)9-18-3/h5-6,10,13-14H,4,7-9H2,1-3H3. The normalized spacial score (nSPS) is 13.6. The molecule has 0 radical (unpaired) electrons. The van der Waals surface area contributed by atoms with Gasteiger partial charge in [-0.05, 0) is 36.6 Å². The van der Waals surface area contributed by atoms with Crippen LogP contribution in [0.15, 0.2) is 21.6 Å². The summed E-state index contributed by atoms with van der Waals surface area (Å²) in [5.41, 5.74) is 0. The van der Waals surface area contributed by atoms with Crippen molar-refractivity contribution in [2.24, 2.45) is 5.92 Å². The highest BCUT2D eigenvalue weighted by Crippen LogP contribution is 2.14. The van der Waals surface area contributed by atoms with E-state index in [1.807, 2.05) is 20.1 Å². The van der Waals surface area contributed by atoms with E-state index < -0.39 is 10.0 Å². The molecule has 110 valence electrons. The molecule has 1 aromatic rings. The molecule has 5 nitrogen and oxygen atoms in total. The molecule has 1 heterocycles. The molecule has 19 heavy (non-hydrogen) atoms. The fourth-order valence-electron chi connectivity index (χ4n) is 1.51. The fraction of sp³-hybridized carbons (Fsp3) is 0.667. The summed E-state index contributed by atoms with van der Waals surface area (Å²) in [6.07, 6.45) is 2.00. The first-order chi connectivity index (χ1) is 8.99. The van der Waals surface area contributed by atoms with E-state index in [2.05, 4.69) is 10.0 Å². The quantitative estimate of drug-likeness (QED) is 0.726. The van der Waals surface area contributed by atoms with E-state index in [9.17, 15) is 8.42 Å². The van der Waals surface area contributed by atoms with Crippen LogP contribution >= 0.6 is 11.8 Å². The Bertz CT molecular complexity index is 471. The Balaban J connectivity index is 2.59. The van der Waals surface area contributed by atoms with Crippen LogP contribution in [0.5, 0.6) is 0 Å². The molecule has 1 aromatic heterocycles. The van der Waals surface area contributed by atoms with Crippen LogP contribution < -0.4 is 10.0 Å². The summed E-state index contributed by atoms with van der Waals surface area (Å²) in [5.74, 6) is 1.84. The lowest BCUT2D eigenvalue weighted by Gasteiger charge is -2.10. The molecule has 1 unspecified atom stereocenters. The molecule has 0 saturated heterocycles. The Morgan fingerprint density at radius 1 is 1.42 bits per heavy atom. The van der Waals surface area contributed by atoms with Crippen LogP contribution in [-0.4, -0.2) is 33.5 Å². The van der Waals surface area contributed by atoms with Crippen LogP contribution in [0.4, 0.5) is 0 Å². The lowest BCUT2D eigenvalue weighted by molar-refractivity contribution is 0.400. The zero-order valence-electron chi connectivity index (χ0n) is 11.6. The van der Waals surface area contributed by atoms with Crippen LogP contribution in [0.3, 0.4) is 0 Å². The molecule has 1 atom stereocenters. The van der Waals surface area contributed by atoms with Gasteiger partial charge in [0.25, 0.3) is 10.0 Å². The van der Waals surface area contributed by atoms with Gasteiger partial charge in [0.05, 0.1) is 6.54 Å². The van der Waals surface area contributed by atoms with E-state index in [4.69, 9.17) is 4.42 Å². The number of hydrogen-bond acceptors (Lipinski definition) is 5. The number of sulfonamides is 1. The van der Waals surface area contributed by atoms with Gasteiger partial charge in [-0.3, -0.25) is 0 Å². The van der Waals surface area contributed by atoms with Gasteiger partial charge in [-0.15, -0.1) is 0 Å².